The van der Waals surface area contributed by atoms with Crippen molar-refractivity contribution in [1.29, 1.82) is 0 Å². The smallest absolute Gasteiger partial charge is 0.325 e. The van der Waals surface area contributed by atoms with Gasteiger partial charge in [0.1, 0.15) is 5.54 Å². The number of rotatable bonds is 3. The molecule has 1 saturated heterocycles. The van der Waals surface area contributed by atoms with Gasteiger partial charge in [0, 0.05) is 29.9 Å². The number of hydrogen-bond acceptors (Lipinski definition) is 4. The first-order valence-corrected chi connectivity index (χ1v) is 10.6. The summed E-state index contributed by atoms with van der Waals surface area (Å²) in [5.41, 5.74) is 3.58. The van der Waals surface area contributed by atoms with Gasteiger partial charge in [-0.1, -0.05) is 56.3 Å². The number of aryl methyl sites for hydroxylation is 1. The number of imide groups is 1. The third-order valence-corrected chi connectivity index (χ3v) is 6.97. The molecular formula is C25H25N3O3. The summed E-state index contributed by atoms with van der Waals surface area (Å²) in [4.78, 5) is 42.1. The number of likely N-dealkylation sites (N-methyl/N-ethyl adjacent to an activating group) is 1. The molecule has 5 rings (SSSR count). The number of hydrogen-bond donors (Lipinski definition) is 1. The molecule has 2 aliphatic heterocycles. The molecule has 3 amide bonds. The molecular weight excluding hydrogens is 390 g/mol. The first kappa shape index (κ1) is 19.5. The molecule has 2 aromatic rings. The Labute approximate surface area is 181 Å². The number of benzene rings is 2. The number of urea groups is 1. The molecule has 6 nitrogen and oxygen atoms in total. The van der Waals surface area contributed by atoms with Crippen molar-refractivity contribution in [2.45, 2.75) is 37.6 Å². The summed E-state index contributed by atoms with van der Waals surface area (Å²) in [6, 6.07) is 15.2. The molecule has 1 aliphatic carbocycles. The lowest BCUT2D eigenvalue weighted by Crippen LogP contribution is -2.42. The molecule has 158 valence electrons. The topological polar surface area (TPSA) is 69.7 Å². The number of anilines is 1. The predicted octanol–water partition coefficient (Wildman–Crippen LogP) is 3.26. The Morgan fingerprint density at radius 3 is 2.48 bits per heavy atom. The molecule has 2 heterocycles. The van der Waals surface area contributed by atoms with Crippen LogP contribution in [0.25, 0.3) is 0 Å². The van der Waals surface area contributed by atoms with E-state index in [0.717, 1.165) is 39.4 Å². The molecule has 0 saturated carbocycles. The monoisotopic (exact) mass is 415 g/mol. The van der Waals surface area contributed by atoms with Gasteiger partial charge in [0.15, 0.2) is 5.78 Å². The summed E-state index contributed by atoms with van der Waals surface area (Å²) >= 11 is 0. The van der Waals surface area contributed by atoms with Crippen molar-refractivity contribution in [3.8, 4) is 0 Å². The fourth-order valence-electron chi connectivity index (χ4n) is 5.35. The van der Waals surface area contributed by atoms with E-state index in [4.69, 9.17) is 0 Å². The van der Waals surface area contributed by atoms with E-state index in [-0.39, 0.29) is 23.7 Å². The Kier molecular flexibility index (Phi) is 4.13. The quantitative estimate of drug-likeness (QED) is 0.617. The summed E-state index contributed by atoms with van der Waals surface area (Å²) in [6.07, 6.45) is 2.83. The summed E-state index contributed by atoms with van der Waals surface area (Å²) < 4.78 is 0. The molecule has 1 atom stereocenters. The third-order valence-electron chi connectivity index (χ3n) is 6.97. The van der Waals surface area contributed by atoms with Crippen LogP contribution in [0.3, 0.4) is 0 Å². The van der Waals surface area contributed by atoms with Gasteiger partial charge in [-0.3, -0.25) is 14.5 Å². The van der Waals surface area contributed by atoms with Gasteiger partial charge >= 0.3 is 6.03 Å². The van der Waals surface area contributed by atoms with Crippen LogP contribution in [-0.4, -0.2) is 36.2 Å². The fourth-order valence-corrected chi connectivity index (χ4v) is 5.35. The van der Waals surface area contributed by atoms with Crippen molar-refractivity contribution in [2.24, 2.45) is 0 Å². The number of nitrogens with zero attached hydrogens (tertiary/aromatic N) is 2. The van der Waals surface area contributed by atoms with Gasteiger partial charge < -0.3 is 10.2 Å². The molecule has 0 radical (unpaired) electrons. The van der Waals surface area contributed by atoms with Crippen molar-refractivity contribution in [3.05, 3.63) is 77.0 Å². The number of fused-ring (bicyclic) bond motifs is 3. The highest BCUT2D eigenvalue weighted by Crippen LogP contribution is 2.46. The normalized spacial score (nSPS) is 24.7. The van der Waals surface area contributed by atoms with Crippen LogP contribution in [0, 0.1) is 0 Å². The van der Waals surface area contributed by atoms with Crippen molar-refractivity contribution in [3.63, 3.8) is 0 Å². The Bertz CT molecular complexity index is 1170. The van der Waals surface area contributed by atoms with Gasteiger partial charge in [-0.2, -0.15) is 0 Å². The van der Waals surface area contributed by atoms with E-state index < -0.39 is 11.6 Å². The number of carbonyl (C=O) groups is 3. The lowest BCUT2D eigenvalue weighted by atomic mass is 9.83. The van der Waals surface area contributed by atoms with Crippen LogP contribution in [0.5, 0.6) is 0 Å². The first-order chi connectivity index (χ1) is 14.8. The summed E-state index contributed by atoms with van der Waals surface area (Å²) in [5, 5.41) is 2.88. The zero-order valence-electron chi connectivity index (χ0n) is 17.9. The minimum Gasteiger partial charge on any atom is -0.347 e. The van der Waals surface area contributed by atoms with Crippen LogP contribution in [0.2, 0.25) is 0 Å². The average Bonchev–Trinajstić information content (AvgIpc) is 3.30. The van der Waals surface area contributed by atoms with Crippen LogP contribution in [0.1, 0.15) is 37.0 Å². The van der Waals surface area contributed by atoms with Crippen molar-refractivity contribution in [1.82, 2.24) is 10.2 Å². The van der Waals surface area contributed by atoms with Gasteiger partial charge in [0.05, 0.1) is 6.54 Å². The van der Waals surface area contributed by atoms with E-state index in [0.29, 0.717) is 6.42 Å². The second kappa shape index (κ2) is 6.54. The van der Waals surface area contributed by atoms with Crippen LogP contribution >= 0.6 is 0 Å². The van der Waals surface area contributed by atoms with E-state index >= 15 is 0 Å². The highest BCUT2D eigenvalue weighted by Gasteiger charge is 2.55. The van der Waals surface area contributed by atoms with Crippen LogP contribution in [0.4, 0.5) is 10.5 Å². The molecule has 3 aliphatic rings. The van der Waals surface area contributed by atoms with Crippen LogP contribution in [-0.2, 0) is 27.0 Å². The molecule has 1 fully saturated rings. The van der Waals surface area contributed by atoms with E-state index in [1.807, 2.05) is 54.4 Å². The highest BCUT2D eigenvalue weighted by molar-refractivity contribution is 6.11. The molecule has 0 unspecified atom stereocenters. The van der Waals surface area contributed by atoms with Gasteiger partial charge in [0.25, 0.3) is 5.91 Å². The highest BCUT2D eigenvalue weighted by atomic mass is 16.2. The third kappa shape index (κ3) is 2.67. The number of carbonyl (C=O) groups excluding carboxylic acids is 3. The van der Waals surface area contributed by atoms with E-state index in [1.165, 1.54) is 0 Å². The van der Waals surface area contributed by atoms with E-state index in [1.54, 1.807) is 6.08 Å². The molecule has 1 N–H and O–H groups in total. The molecule has 0 aromatic heterocycles. The Hall–Kier alpha value is -3.41. The molecule has 2 aromatic carbocycles. The van der Waals surface area contributed by atoms with Crippen molar-refractivity contribution >= 4 is 23.4 Å². The fraction of sp³-hybridized carbons (Fsp3) is 0.320. The van der Waals surface area contributed by atoms with Gasteiger partial charge in [-0.15, -0.1) is 0 Å². The number of ketones is 1. The number of allylic oxidation sites excluding steroid dienone is 1. The van der Waals surface area contributed by atoms with Gasteiger partial charge in [0.2, 0.25) is 0 Å². The van der Waals surface area contributed by atoms with E-state index in [2.05, 4.69) is 25.2 Å². The van der Waals surface area contributed by atoms with Crippen LogP contribution in [0.15, 0.2) is 60.3 Å². The number of amides is 3. The average molecular weight is 415 g/mol. The van der Waals surface area contributed by atoms with Gasteiger partial charge in [-0.25, -0.2) is 4.79 Å². The zero-order chi connectivity index (χ0) is 22.0. The van der Waals surface area contributed by atoms with E-state index in [9.17, 15) is 14.4 Å². The van der Waals surface area contributed by atoms with Crippen LogP contribution < -0.4 is 10.2 Å². The van der Waals surface area contributed by atoms with Crippen molar-refractivity contribution in [2.75, 3.05) is 18.5 Å². The molecule has 1 spiro atoms. The molecule has 6 heteroatoms. The minimum absolute atomic E-state index is 0.266. The summed E-state index contributed by atoms with van der Waals surface area (Å²) in [6.45, 7) is 3.89. The minimum atomic E-state index is -1.04. The van der Waals surface area contributed by atoms with Crippen molar-refractivity contribution < 1.29 is 14.4 Å². The Morgan fingerprint density at radius 1 is 1.06 bits per heavy atom. The lowest BCUT2D eigenvalue weighted by Gasteiger charge is -2.24. The molecule has 0 bridgehead atoms. The van der Waals surface area contributed by atoms with Gasteiger partial charge in [-0.05, 0) is 35.6 Å². The zero-order valence-corrected chi connectivity index (χ0v) is 17.9. The maximum atomic E-state index is 13.3. The Balaban J connectivity index is 1.41. The predicted molar refractivity (Wildman–Crippen MR) is 118 cm³/mol. The number of para-hydroxylation sites is 1. The largest absolute Gasteiger partial charge is 0.347 e. The first-order valence-electron chi connectivity index (χ1n) is 10.6. The second-order valence-corrected chi connectivity index (χ2v) is 9.08. The SMILES string of the molecule is CN1/C(=C\C(=O)CN2C(=O)N[C@]3(CCc4ccccc43)C2=O)C(C)(C)c2ccccc21. The summed E-state index contributed by atoms with van der Waals surface area (Å²) in [7, 11) is 1.94. The summed E-state index contributed by atoms with van der Waals surface area (Å²) in [5.74, 6) is -0.605. The molecule has 31 heavy (non-hydrogen) atoms. The maximum absolute atomic E-state index is 13.3. The lowest BCUT2D eigenvalue weighted by molar-refractivity contribution is -0.133. The second-order valence-electron chi connectivity index (χ2n) is 9.08. The standard InChI is InChI=1S/C25H25N3O3/c1-24(2)19-10-6-7-11-20(19)27(3)21(24)14-17(29)15-28-22(30)25(26-23(28)31)13-12-16-8-4-5-9-18(16)25/h4-11,14H,12-13,15H2,1-3H3,(H,26,31)/b21-14-/t25-/m0/s1. The Morgan fingerprint density at radius 2 is 1.74 bits per heavy atom. The number of nitrogens with one attached hydrogen (secondary N) is 1. The maximum Gasteiger partial charge on any atom is 0.325 e.